The maximum Gasteiger partial charge on any atom is 0.209 e. The lowest BCUT2D eigenvalue weighted by atomic mass is 10.2. The zero-order chi connectivity index (χ0) is 10.5. The van der Waals surface area contributed by atoms with Crippen molar-refractivity contribution in [3.05, 3.63) is 36.5 Å². The smallest absolute Gasteiger partial charge is 0.209 e. The topological polar surface area (TPSA) is 35.3 Å². The molecule has 1 aromatic carbocycles. The van der Waals surface area contributed by atoms with Crippen LogP contribution in [-0.4, -0.2) is 11.8 Å². The first-order valence-corrected chi connectivity index (χ1v) is 4.97. The predicted molar refractivity (Wildman–Crippen MR) is 56.6 cm³/mol. The Morgan fingerprint density at radius 1 is 1.33 bits per heavy atom. The van der Waals surface area contributed by atoms with E-state index < -0.39 is 0 Å². The van der Waals surface area contributed by atoms with E-state index in [2.05, 4.69) is 18.3 Å². The van der Waals surface area contributed by atoms with Crippen molar-refractivity contribution in [3.8, 4) is 17.1 Å². The summed E-state index contributed by atoms with van der Waals surface area (Å²) >= 11 is 0. The lowest BCUT2D eigenvalue weighted by Gasteiger charge is -2.02. The maximum absolute atomic E-state index is 5.47. The van der Waals surface area contributed by atoms with Gasteiger partial charge in [0, 0.05) is 5.56 Å². The standard InChI is InChI=1S/C12H12NO2/c1-2-8-14-11-9-13-15-12(11)10-6-4-3-5-7-10/h3-7H,2,8H2,1H3. The predicted octanol–water partition coefficient (Wildman–Crippen LogP) is 2.93. The maximum atomic E-state index is 5.47. The van der Waals surface area contributed by atoms with Gasteiger partial charge >= 0.3 is 0 Å². The van der Waals surface area contributed by atoms with Crippen molar-refractivity contribution in [3.63, 3.8) is 0 Å². The summed E-state index contributed by atoms with van der Waals surface area (Å²) in [5.74, 6) is 1.23. The van der Waals surface area contributed by atoms with E-state index >= 15 is 0 Å². The highest BCUT2D eigenvalue weighted by molar-refractivity contribution is 5.63. The van der Waals surface area contributed by atoms with Crippen LogP contribution in [-0.2, 0) is 0 Å². The molecule has 0 saturated heterocycles. The Morgan fingerprint density at radius 3 is 2.87 bits per heavy atom. The number of ether oxygens (including phenoxy) is 1. The number of hydrogen-bond donors (Lipinski definition) is 0. The lowest BCUT2D eigenvalue weighted by Crippen LogP contribution is -1.94. The first kappa shape index (κ1) is 9.77. The number of aromatic nitrogens is 1. The normalized spacial score (nSPS) is 10.2. The third kappa shape index (κ3) is 2.18. The molecule has 0 bridgehead atoms. The van der Waals surface area contributed by atoms with Gasteiger partial charge in [0.2, 0.25) is 5.76 Å². The Hall–Kier alpha value is -1.77. The minimum Gasteiger partial charge on any atom is -0.487 e. The van der Waals surface area contributed by atoms with Crippen LogP contribution in [0.1, 0.15) is 13.3 Å². The van der Waals surface area contributed by atoms with E-state index in [9.17, 15) is 0 Å². The van der Waals surface area contributed by atoms with Gasteiger partial charge in [0.05, 0.1) is 6.61 Å². The molecule has 0 fully saturated rings. The average molecular weight is 202 g/mol. The van der Waals surface area contributed by atoms with Crippen LogP contribution < -0.4 is 4.74 Å². The summed E-state index contributed by atoms with van der Waals surface area (Å²) in [5, 5.41) is 3.63. The van der Waals surface area contributed by atoms with Gasteiger partial charge in [-0.25, -0.2) is 0 Å². The fourth-order valence-corrected chi connectivity index (χ4v) is 1.28. The molecule has 1 heterocycles. The lowest BCUT2D eigenvalue weighted by molar-refractivity contribution is 0.315. The van der Waals surface area contributed by atoms with Crippen molar-refractivity contribution < 1.29 is 9.26 Å². The molecule has 0 unspecified atom stereocenters. The Kier molecular flexibility index (Phi) is 3.02. The van der Waals surface area contributed by atoms with Crippen LogP contribution in [0.5, 0.6) is 5.75 Å². The van der Waals surface area contributed by atoms with E-state index in [1.165, 1.54) is 0 Å². The average Bonchev–Trinajstić information content (AvgIpc) is 2.75. The quantitative estimate of drug-likeness (QED) is 0.764. The first-order valence-electron chi connectivity index (χ1n) is 4.97. The van der Waals surface area contributed by atoms with Crippen LogP contribution in [0.25, 0.3) is 11.3 Å². The Morgan fingerprint density at radius 2 is 2.13 bits per heavy atom. The van der Waals surface area contributed by atoms with Crippen LogP contribution in [0.4, 0.5) is 0 Å². The van der Waals surface area contributed by atoms with E-state index in [4.69, 9.17) is 9.26 Å². The minimum atomic E-state index is 0.586. The van der Waals surface area contributed by atoms with Gasteiger partial charge < -0.3 is 9.26 Å². The molecule has 0 aliphatic carbocycles. The van der Waals surface area contributed by atoms with E-state index in [1.807, 2.05) is 30.3 Å². The van der Waals surface area contributed by atoms with Crippen LogP contribution in [0.3, 0.4) is 0 Å². The van der Waals surface area contributed by atoms with Crippen molar-refractivity contribution >= 4 is 0 Å². The minimum absolute atomic E-state index is 0.586. The molecule has 1 radical (unpaired) electrons. The third-order valence-electron chi connectivity index (χ3n) is 1.98. The SMILES string of the molecule is CCCOc1[c]noc1-c1ccccc1. The Labute approximate surface area is 88.7 Å². The molecule has 0 saturated carbocycles. The molecular weight excluding hydrogens is 190 g/mol. The molecule has 15 heavy (non-hydrogen) atoms. The fourth-order valence-electron chi connectivity index (χ4n) is 1.28. The van der Waals surface area contributed by atoms with E-state index in [0.717, 1.165) is 12.0 Å². The number of nitrogens with zero attached hydrogens (tertiary/aromatic N) is 1. The van der Waals surface area contributed by atoms with Crippen LogP contribution in [0.15, 0.2) is 34.9 Å². The number of rotatable bonds is 4. The molecule has 2 rings (SSSR count). The summed E-state index contributed by atoms with van der Waals surface area (Å²) in [6.45, 7) is 2.70. The second-order valence-corrected chi connectivity index (χ2v) is 3.17. The second-order valence-electron chi connectivity index (χ2n) is 3.17. The molecule has 2 aromatic rings. The Balaban J connectivity index is 2.25. The van der Waals surface area contributed by atoms with Crippen molar-refractivity contribution in [2.45, 2.75) is 13.3 Å². The molecule has 0 amide bonds. The summed E-state index contributed by atoms with van der Waals surface area (Å²) in [7, 11) is 0. The molecule has 0 N–H and O–H groups in total. The molecule has 1 aromatic heterocycles. The molecule has 0 aliphatic rings. The van der Waals surface area contributed by atoms with E-state index in [0.29, 0.717) is 18.1 Å². The molecular formula is C12H12NO2. The summed E-state index contributed by atoms with van der Waals surface area (Å²) in [4.78, 5) is 0. The van der Waals surface area contributed by atoms with E-state index in [1.54, 1.807) is 0 Å². The van der Waals surface area contributed by atoms with Gasteiger partial charge in [0.1, 0.15) is 0 Å². The highest BCUT2D eigenvalue weighted by Gasteiger charge is 2.11. The zero-order valence-corrected chi connectivity index (χ0v) is 8.56. The van der Waals surface area contributed by atoms with Gasteiger partial charge in [-0.15, -0.1) is 0 Å². The van der Waals surface area contributed by atoms with Crippen LogP contribution in [0.2, 0.25) is 0 Å². The first-order chi connectivity index (χ1) is 7.42. The summed E-state index contributed by atoms with van der Waals surface area (Å²) < 4.78 is 10.6. The van der Waals surface area contributed by atoms with Crippen molar-refractivity contribution in [2.75, 3.05) is 6.61 Å². The fraction of sp³-hybridized carbons (Fsp3) is 0.250. The van der Waals surface area contributed by atoms with Crippen molar-refractivity contribution in [1.29, 1.82) is 0 Å². The van der Waals surface area contributed by atoms with E-state index in [-0.39, 0.29) is 0 Å². The van der Waals surface area contributed by atoms with Gasteiger partial charge in [-0.05, 0) is 6.42 Å². The van der Waals surface area contributed by atoms with Gasteiger partial charge in [0.15, 0.2) is 11.9 Å². The zero-order valence-electron chi connectivity index (χ0n) is 8.56. The van der Waals surface area contributed by atoms with Gasteiger partial charge in [-0.1, -0.05) is 42.4 Å². The molecule has 77 valence electrons. The van der Waals surface area contributed by atoms with Gasteiger partial charge in [0.25, 0.3) is 0 Å². The molecule has 0 aliphatic heterocycles. The number of hydrogen-bond acceptors (Lipinski definition) is 3. The molecule has 0 spiro atoms. The number of benzene rings is 1. The molecule has 0 atom stereocenters. The van der Waals surface area contributed by atoms with Crippen molar-refractivity contribution in [2.24, 2.45) is 0 Å². The van der Waals surface area contributed by atoms with Gasteiger partial charge in [-0.3, -0.25) is 0 Å². The van der Waals surface area contributed by atoms with Crippen LogP contribution in [0, 0.1) is 6.20 Å². The van der Waals surface area contributed by atoms with Crippen LogP contribution >= 0.6 is 0 Å². The third-order valence-corrected chi connectivity index (χ3v) is 1.98. The summed E-state index contributed by atoms with van der Waals surface area (Å²) in [5.41, 5.74) is 0.956. The Bertz CT molecular complexity index is 409. The molecule has 3 nitrogen and oxygen atoms in total. The second kappa shape index (κ2) is 4.64. The summed E-state index contributed by atoms with van der Waals surface area (Å²) in [6, 6.07) is 9.75. The molecule has 3 heteroatoms. The van der Waals surface area contributed by atoms with Gasteiger partial charge in [-0.2, -0.15) is 0 Å². The summed E-state index contributed by atoms with van der Waals surface area (Å²) in [6.07, 6.45) is 3.65. The van der Waals surface area contributed by atoms with Crippen molar-refractivity contribution in [1.82, 2.24) is 5.16 Å². The highest BCUT2D eigenvalue weighted by Crippen LogP contribution is 2.28. The highest BCUT2D eigenvalue weighted by atomic mass is 16.5. The monoisotopic (exact) mass is 202 g/mol. The largest absolute Gasteiger partial charge is 0.487 e.